The van der Waals surface area contributed by atoms with Gasteiger partial charge in [0, 0.05) is 25.1 Å². The van der Waals surface area contributed by atoms with Crippen LogP contribution >= 0.6 is 0 Å². The van der Waals surface area contributed by atoms with Gasteiger partial charge in [0.1, 0.15) is 6.61 Å². The molecule has 1 unspecified atom stereocenters. The number of ether oxygens (including phenoxy) is 1. The van der Waals surface area contributed by atoms with E-state index in [0.29, 0.717) is 43.5 Å². The molecule has 0 aliphatic carbocycles. The summed E-state index contributed by atoms with van der Waals surface area (Å²) in [5.41, 5.74) is 1.72. The number of esters is 1. The topological polar surface area (TPSA) is 99.5 Å². The third-order valence-electron chi connectivity index (χ3n) is 8.41. The number of fused-ring (bicyclic) bond motifs is 1. The first-order valence-corrected chi connectivity index (χ1v) is 15.0. The Morgan fingerprint density at radius 3 is 2.25 bits per heavy atom. The van der Waals surface area contributed by atoms with Gasteiger partial charge in [-0.05, 0) is 78.8 Å². The van der Waals surface area contributed by atoms with Gasteiger partial charge in [-0.3, -0.25) is 14.4 Å². The van der Waals surface area contributed by atoms with E-state index in [9.17, 15) is 14.4 Å². The highest BCUT2D eigenvalue weighted by Gasteiger charge is 2.41. The third-order valence-corrected chi connectivity index (χ3v) is 8.41. The molecule has 4 aromatic carbocycles. The molecule has 1 N–H and O–H groups in total. The lowest BCUT2D eigenvalue weighted by Crippen LogP contribution is -2.54. The van der Waals surface area contributed by atoms with Crippen molar-refractivity contribution in [2.75, 3.05) is 13.1 Å². The van der Waals surface area contributed by atoms with E-state index in [2.05, 4.69) is 11.4 Å². The Morgan fingerprint density at radius 2 is 1.57 bits per heavy atom. The number of nitrogens with zero attached hydrogens (tertiary/aromatic N) is 2. The highest BCUT2D eigenvalue weighted by atomic mass is 16.5. The molecular weight excluding hydrogens is 550 g/mol. The van der Waals surface area contributed by atoms with Gasteiger partial charge in [0.25, 0.3) is 5.91 Å². The maximum atomic E-state index is 14.3. The number of benzene rings is 4. The van der Waals surface area contributed by atoms with Gasteiger partial charge in [0.05, 0.1) is 23.1 Å². The average Bonchev–Trinajstić information content (AvgIpc) is 3.04. The highest BCUT2D eigenvalue weighted by Crippen LogP contribution is 2.34. The Kier molecular flexibility index (Phi) is 9.40. The molecule has 0 spiro atoms. The zero-order chi connectivity index (χ0) is 31.1. The Labute approximate surface area is 258 Å². The van der Waals surface area contributed by atoms with Crippen LogP contribution < -0.4 is 5.32 Å². The lowest BCUT2D eigenvalue weighted by molar-refractivity contribution is -0.146. The van der Waals surface area contributed by atoms with Crippen LogP contribution in [0.3, 0.4) is 0 Å². The first-order chi connectivity index (χ1) is 21.2. The summed E-state index contributed by atoms with van der Waals surface area (Å²) in [6.07, 6.45) is 1.73. The quantitative estimate of drug-likeness (QED) is 0.229. The van der Waals surface area contributed by atoms with Gasteiger partial charge in [-0.1, -0.05) is 72.8 Å². The minimum Gasteiger partial charge on any atom is -0.461 e. The van der Waals surface area contributed by atoms with E-state index in [1.54, 1.807) is 24.3 Å². The molecule has 4 aromatic rings. The lowest BCUT2D eigenvalue weighted by Gasteiger charge is -2.40. The molecule has 44 heavy (non-hydrogen) atoms. The lowest BCUT2D eigenvalue weighted by atomic mass is 9.79. The number of likely N-dealkylation sites (tertiary alicyclic amines) is 1. The Morgan fingerprint density at radius 1 is 0.909 bits per heavy atom. The normalized spacial score (nSPS) is 14.4. The summed E-state index contributed by atoms with van der Waals surface area (Å²) >= 11 is 0. The number of nitrogens with one attached hydrogen (secondary N) is 1. The molecule has 1 heterocycles. The molecule has 1 saturated heterocycles. The van der Waals surface area contributed by atoms with E-state index in [-0.39, 0.29) is 30.3 Å². The molecule has 1 aliphatic heterocycles. The van der Waals surface area contributed by atoms with Gasteiger partial charge < -0.3 is 15.0 Å². The molecule has 7 heteroatoms. The second-order valence-electron chi connectivity index (χ2n) is 12.0. The average molecular weight is 588 g/mol. The maximum Gasteiger partial charge on any atom is 0.306 e. The molecule has 2 amide bonds. The molecule has 1 atom stereocenters. The molecule has 7 nitrogen and oxygen atoms in total. The van der Waals surface area contributed by atoms with Crippen molar-refractivity contribution in [3.8, 4) is 6.07 Å². The number of rotatable bonds is 9. The number of hydrogen-bond donors (Lipinski definition) is 1. The first kappa shape index (κ1) is 30.5. The van der Waals surface area contributed by atoms with Gasteiger partial charge in [0.2, 0.25) is 5.91 Å². The molecule has 1 fully saturated rings. The van der Waals surface area contributed by atoms with E-state index < -0.39 is 11.5 Å². The summed E-state index contributed by atoms with van der Waals surface area (Å²) in [5.74, 6) is -1.10. The van der Waals surface area contributed by atoms with Crippen LogP contribution in [-0.2, 0) is 20.9 Å². The minimum absolute atomic E-state index is 0.0597. The van der Waals surface area contributed by atoms with Crippen molar-refractivity contribution < 1.29 is 19.1 Å². The van der Waals surface area contributed by atoms with Crippen molar-refractivity contribution in [2.45, 2.75) is 51.2 Å². The first-order valence-electron chi connectivity index (χ1n) is 15.0. The summed E-state index contributed by atoms with van der Waals surface area (Å²) in [4.78, 5) is 42.0. The monoisotopic (exact) mass is 587 g/mol. The van der Waals surface area contributed by atoms with Crippen molar-refractivity contribution in [1.82, 2.24) is 10.2 Å². The van der Waals surface area contributed by atoms with Gasteiger partial charge >= 0.3 is 5.97 Å². The standard InChI is InChI=1S/C37H37N3O4/c1-37(2,39-35(42)30-14-12-27(24-38)13-15-30)34(32-17-16-29-10-6-7-11-31(29)23-32)36(43)40-20-18-26(19-21-40)22-33(41)44-25-28-8-4-3-5-9-28/h3-17,23,26,34H,18-22,25H2,1-2H3,(H,39,42). The zero-order valence-corrected chi connectivity index (χ0v) is 25.2. The Hall–Kier alpha value is -4.96. The van der Waals surface area contributed by atoms with Crippen LogP contribution in [0.5, 0.6) is 0 Å². The van der Waals surface area contributed by atoms with Crippen molar-refractivity contribution in [2.24, 2.45) is 5.92 Å². The second kappa shape index (κ2) is 13.6. The van der Waals surface area contributed by atoms with E-state index in [1.807, 2.05) is 91.5 Å². The van der Waals surface area contributed by atoms with Crippen LogP contribution in [0.15, 0.2) is 97.1 Å². The molecule has 0 radical (unpaired) electrons. The summed E-state index contributed by atoms with van der Waals surface area (Å²) in [6.45, 7) is 5.07. The zero-order valence-electron chi connectivity index (χ0n) is 25.2. The Bertz CT molecular complexity index is 1670. The summed E-state index contributed by atoms with van der Waals surface area (Å²) in [5, 5.41) is 14.3. The Balaban J connectivity index is 1.30. The fourth-order valence-electron chi connectivity index (χ4n) is 5.96. The summed E-state index contributed by atoms with van der Waals surface area (Å²) in [7, 11) is 0. The van der Waals surface area contributed by atoms with Crippen LogP contribution in [0.2, 0.25) is 0 Å². The molecule has 0 aromatic heterocycles. The van der Waals surface area contributed by atoms with Crippen molar-refractivity contribution >= 4 is 28.6 Å². The van der Waals surface area contributed by atoms with Gasteiger partial charge in [-0.15, -0.1) is 0 Å². The number of carbonyl (C=O) groups excluding carboxylic acids is 3. The SMILES string of the molecule is CC(C)(NC(=O)c1ccc(C#N)cc1)C(C(=O)N1CCC(CC(=O)OCc2ccccc2)CC1)c1ccc2ccccc2c1. The van der Waals surface area contributed by atoms with Gasteiger partial charge in [-0.2, -0.15) is 5.26 Å². The van der Waals surface area contributed by atoms with E-state index in [4.69, 9.17) is 10.00 Å². The maximum absolute atomic E-state index is 14.3. The predicted molar refractivity (Wildman–Crippen MR) is 170 cm³/mol. The molecule has 1 aliphatic rings. The van der Waals surface area contributed by atoms with Crippen molar-refractivity contribution in [3.05, 3.63) is 119 Å². The highest BCUT2D eigenvalue weighted by molar-refractivity contribution is 5.96. The fraction of sp³-hybridized carbons (Fsp3) is 0.297. The van der Waals surface area contributed by atoms with E-state index >= 15 is 0 Å². The van der Waals surface area contributed by atoms with Gasteiger partial charge in [-0.25, -0.2) is 0 Å². The second-order valence-corrected chi connectivity index (χ2v) is 12.0. The van der Waals surface area contributed by atoms with Crippen molar-refractivity contribution in [1.29, 1.82) is 5.26 Å². The molecule has 5 rings (SSSR count). The largest absolute Gasteiger partial charge is 0.461 e. The van der Waals surface area contributed by atoms with Crippen LogP contribution in [0.4, 0.5) is 0 Å². The number of amides is 2. The number of hydrogen-bond acceptors (Lipinski definition) is 5. The predicted octanol–water partition coefficient (Wildman–Crippen LogP) is 6.38. The fourth-order valence-corrected chi connectivity index (χ4v) is 5.96. The smallest absolute Gasteiger partial charge is 0.306 e. The molecule has 0 bridgehead atoms. The summed E-state index contributed by atoms with van der Waals surface area (Å²) in [6, 6.07) is 32.1. The van der Waals surface area contributed by atoms with Crippen LogP contribution in [0.25, 0.3) is 10.8 Å². The number of nitriles is 1. The molecule has 0 saturated carbocycles. The van der Waals surface area contributed by atoms with E-state index in [0.717, 1.165) is 21.9 Å². The minimum atomic E-state index is -0.942. The third kappa shape index (κ3) is 7.33. The summed E-state index contributed by atoms with van der Waals surface area (Å²) < 4.78 is 5.49. The molecular formula is C37H37N3O4. The number of carbonyl (C=O) groups is 3. The van der Waals surface area contributed by atoms with Crippen LogP contribution in [-0.4, -0.2) is 41.3 Å². The van der Waals surface area contributed by atoms with Crippen LogP contribution in [0.1, 0.15) is 66.1 Å². The van der Waals surface area contributed by atoms with Gasteiger partial charge in [0.15, 0.2) is 0 Å². The van der Waals surface area contributed by atoms with E-state index in [1.165, 1.54) is 0 Å². The van der Waals surface area contributed by atoms with Crippen LogP contribution in [0, 0.1) is 17.2 Å². The molecule has 224 valence electrons. The van der Waals surface area contributed by atoms with Crippen molar-refractivity contribution in [3.63, 3.8) is 0 Å². The number of piperidine rings is 1.